The predicted molar refractivity (Wildman–Crippen MR) is 186 cm³/mol. The Morgan fingerprint density at radius 2 is 1.82 bits per heavy atom. The SMILES string of the molecule is CCCNC(=O)c1ccc(-c2cc3c(cc2C(=O)Nc2ncc(CNC(=O)OC(C)(C)C)cc2Cl)-c2sccc2CCO3)c(C(=O)OC)n1. The molecule has 14 heteroatoms. The van der Waals surface area contributed by atoms with Crippen molar-refractivity contribution < 1.29 is 33.4 Å². The summed E-state index contributed by atoms with van der Waals surface area (Å²) in [6.45, 7) is 8.16. The van der Waals surface area contributed by atoms with Crippen molar-refractivity contribution in [2.24, 2.45) is 0 Å². The van der Waals surface area contributed by atoms with Gasteiger partial charge < -0.3 is 30.2 Å². The highest BCUT2D eigenvalue weighted by molar-refractivity contribution is 7.13. The van der Waals surface area contributed by atoms with Gasteiger partial charge in [0.25, 0.3) is 11.8 Å². The first-order chi connectivity index (χ1) is 23.4. The van der Waals surface area contributed by atoms with E-state index in [1.165, 1.54) is 30.7 Å². The van der Waals surface area contributed by atoms with Crippen molar-refractivity contribution in [3.63, 3.8) is 0 Å². The summed E-state index contributed by atoms with van der Waals surface area (Å²) in [6.07, 6.45) is 2.28. The van der Waals surface area contributed by atoms with Gasteiger partial charge in [-0.2, -0.15) is 0 Å². The molecule has 3 amide bonds. The second-order valence-electron chi connectivity index (χ2n) is 12.1. The van der Waals surface area contributed by atoms with E-state index in [2.05, 4.69) is 25.9 Å². The van der Waals surface area contributed by atoms with Gasteiger partial charge in [0, 0.05) is 52.8 Å². The van der Waals surface area contributed by atoms with Crippen LogP contribution in [0.2, 0.25) is 5.02 Å². The molecule has 0 bridgehead atoms. The van der Waals surface area contributed by atoms with E-state index in [4.69, 9.17) is 25.8 Å². The van der Waals surface area contributed by atoms with Gasteiger partial charge in [0.1, 0.15) is 17.0 Å². The summed E-state index contributed by atoms with van der Waals surface area (Å²) in [6, 6.07) is 10.0. The fraction of sp³-hybridized carbons (Fsp3) is 0.314. The second kappa shape index (κ2) is 15.0. The number of hydrogen-bond donors (Lipinski definition) is 3. The molecule has 4 aromatic rings. The third-order valence-electron chi connectivity index (χ3n) is 7.28. The topological polar surface area (TPSA) is 158 Å². The van der Waals surface area contributed by atoms with Gasteiger partial charge in [-0.15, -0.1) is 11.3 Å². The zero-order valence-electron chi connectivity index (χ0n) is 27.7. The molecule has 0 atom stereocenters. The van der Waals surface area contributed by atoms with E-state index in [-0.39, 0.29) is 39.9 Å². The first kappa shape index (κ1) is 35.3. The second-order valence-corrected chi connectivity index (χ2v) is 13.4. The average Bonchev–Trinajstić information content (AvgIpc) is 3.47. The summed E-state index contributed by atoms with van der Waals surface area (Å²) >= 11 is 8.08. The summed E-state index contributed by atoms with van der Waals surface area (Å²) in [5.74, 6) is -1.21. The molecule has 3 aromatic heterocycles. The van der Waals surface area contributed by atoms with Crippen LogP contribution in [0.4, 0.5) is 10.6 Å². The van der Waals surface area contributed by atoms with Gasteiger partial charge >= 0.3 is 12.1 Å². The normalized spacial score (nSPS) is 12.0. The molecule has 0 spiro atoms. The number of amides is 3. The molecule has 49 heavy (non-hydrogen) atoms. The van der Waals surface area contributed by atoms with Crippen LogP contribution in [0.25, 0.3) is 21.6 Å². The molecule has 1 aromatic carbocycles. The number of fused-ring (bicyclic) bond motifs is 3. The Bertz CT molecular complexity index is 1920. The predicted octanol–water partition coefficient (Wildman–Crippen LogP) is 6.66. The van der Waals surface area contributed by atoms with Crippen molar-refractivity contribution >= 4 is 52.6 Å². The Morgan fingerprint density at radius 3 is 2.53 bits per heavy atom. The lowest BCUT2D eigenvalue weighted by molar-refractivity contribution is 0.0522. The zero-order valence-corrected chi connectivity index (χ0v) is 29.3. The number of thiophene rings is 1. The Labute approximate surface area is 292 Å². The molecule has 4 heterocycles. The van der Waals surface area contributed by atoms with Crippen molar-refractivity contribution in [3.05, 3.63) is 81.1 Å². The van der Waals surface area contributed by atoms with Crippen LogP contribution in [0, 0.1) is 0 Å². The number of aromatic nitrogens is 2. The van der Waals surface area contributed by atoms with E-state index in [0.717, 1.165) is 16.9 Å². The molecule has 0 radical (unpaired) electrons. The van der Waals surface area contributed by atoms with Crippen molar-refractivity contribution in [1.29, 1.82) is 0 Å². The number of rotatable bonds is 9. The Hall–Kier alpha value is -5.01. The first-order valence-electron chi connectivity index (χ1n) is 15.6. The van der Waals surface area contributed by atoms with E-state index in [1.807, 2.05) is 18.4 Å². The fourth-order valence-corrected chi connectivity index (χ4v) is 6.25. The summed E-state index contributed by atoms with van der Waals surface area (Å²) in [4.78, 5) is 61.7. The Morgan fingerprint density at radius 1 is 1.02 bits per heavy atom. The number of benzene rings is 1. The lowest BCUT2D eigenvalue weighted by atomic mass is 9.93. The number of halogens is 1. The van der Waals surface area contributed by atoms with E-state index in [1.54, 1.807) is 45.0 Å². The lowest BCUT2D eigenvalue weighted by Gasteiger charge is -2.19. The Kier molecular flexibility index (Phi) is 10.8. The molecular weight excluding hydrogens is 670 g/mol. The molecule has 0 fully saturated rings. The van der Waals surface area contributed by atoms with Crippen LogP contribution in [-0.4, -0.2) is 59.7 Å². The van der Waals surface area contributed by atoms with Crippen LogP contribution in [0.15, 0.2) is 48.0 Å². The van der Waals surface area contributed by atoms with E-state index >= 15 is 0 Å². The minimum atomic E-state index is -0.789. The molecule has 5 rings (SSSR count). The Balaban J connectivity index is 1.54. The number of esters is 1. The van der Waals surface area contributed by atoms with Crippen LogP contribution < -0.4 is 20.7 Å². The van der Waals surface area contributed by atoms with Gasteiger partial charge in [0.05, 0.1) is 18.7 Å². The highest BCUT2D eigenvalue weighted by Crippen LogP contribution is 2.43. The number of alkyl carbamates (subject to hydrolysis) is 1. The number of carbonyl (C=O) groups excluding carboxylic acids is 4. The van der Waals surface area contributed by atoms with E-state index < -0.39 is 29.5 Å². The summed E-state index contributed by atoms with van der Waals surface area (Å²) in [7, 11) is 1.21. The monoisotopic (exact) mass is 705 g/mol. The van der Waals surface area contributed by atoms with Crippen molar-refractivity contribution in [2.45, 2.75) is 52.7 Å². The molecule has 3 N–H and O–H groups in total. The molecule has 0 saturated heterocycles. The summed E-state index contributed by atoms with van der Waals surface area (Å²) in [5, 5.41) is 10.3. The van der Waals surface area contributed by atoms with Crippen LogP contribution in [0.5, 0.6) is 5.75 Å². The number of carbonyl (C=O) groups is 4. The summed E-state index contributed by atoms with van der Waals surface area (Å²) in [5.41, 5.74) is 2.35. The third-order valence-corrected chi connectivity index (χ3v) is 8.56. The maximum absolute atomic E-state index is 14.1. The maximum atomic E-state index is 14.1. The molecule has 0 saturated carbocycles. The largest absolute Gasteiger partial charge is 0.493 e. The highest BCUT2D eigenvalue weighted by atomic mass is 35.5. The highest BCUT2D eigenvalue weighted by Gasteiger charge is 2.27. The van der Waals surface area contributed by atoms with Gasteiger partial charge in [-0.25, -0.2) is 19.6 Å². The number of hydrogen-bond acceptors (Lipinski definition) is 10. The first-order valence-corrected chi connectivity index (χ1v) is 16.8. The van der Waals surface area contributed by atoms with Crippen LogP contribution in [-0.2, 0) is 22.4 Å². The molecule has 1 aliphatic rings. The van der Waals surface area contributed by atoms with Gasteiger partial charge in [-0.3, -0.25) is 9.59 Å². The van der Waals surface area contributed by atoms with Crippen LogP contribution >= 0.6 is 22.9 Å². The standard InChI is InChI=1S/C35H36ClN5O7S/c1-6-11-37-32(43)26-8-7-21(28(40-26)33(44)46-5)22-16-27-24(29-20(9-12-47-27)10-13-49-29)15-23(22)31(42)41-30-25(36)14-19(17-38-30)18-39-34(45)48-35(2,3)4/h7-8,10,13-17H,6,9,11-12,18H2,1-5H3,(H,37,43)(H,39,45)(H,38,41,42). The third kappa shape index (κ3) is 8.35. The summed E-state index contributed by atoms with van der Waals surface area (Å²) < 4.78 is 16.4. The van der Waals surface area contributed by atoms with Crippen LogP contribution in [0.3, 0.4) is 0 Å². The fourth-order valence-electron chi connectivity index (χ4n) is 5.04. The van der Waals surface area contributed by atoms with Gasteiger partial charge in [0.15, 0.2) is 11.5 Å². The minimum Gasteiger partial charge on any atom is -0.493 e. The molecular formula is C35H36ClN5O7S. The number of methoxy groups -OCH3 is 1. The molecule has 256 valence electrons. The zero-order chi connectivity index (χ0) is 35.3. The van der Waals surface area contributed by atoms with Gasteiger partial charge in [0.2, 0.25) is 0 Å². The smallest absolute Gasteiger partial charge is 0.407 e. The quantitative estimate of drug-likeness (QED) is 0.162. The van der Waals surface area contributed by atoms with Gasteiger partial charge in [-0.05, 0) is 80.1 Å². The van der Waals surface area contributed by atoms with Crippen LogP contribution in [0.1, 0.15) is 76.6 Å². The number of nitrogens with one attached hydrogen (secondary N) is 3. The van der Waals surface area contributed by atoms with Crippen molar-refractivity contribution in [1.82, 2.24) is 20.6 Å². The van der Waals surface area contributed by atoms with Crippen molar-refractivity contribution in [3.8, 4) is 27.3 Å². The van der Waals surface area contributed by atoms with Gasteiger partial charge in [-0.1, -0.05) is 18.5 Å². The van der Waals surface area contributed by atoms with E-state index in [9.17, 15) is 19.2 Å². The molecule has 12 nitrogen and oxygen atoms in total. The molecule has 0 aliphatic carbocycles. The maximum Gasteiger partial charge on any atom is 0.407 e. The minimum absolute atomic E-state index is 0.0232. The number of pyridine rings is 2. The molecule has 1 aliphatic heterocycles. The van der Waals surface area contributed by atoms with Crippen molar-refractivity contribution in [2.75, 3.05) is 25.6 Å². The number of anilines is 1. The van der Waals surface area contributed by atoms with E-state index in [0.29, 0.717) is 42.0 Å². The average molecular weight is 706 g/mol. The lowest BCUT2D eigenvalue weighted by Crippen LogP contribution is -2.32. The number of ether oxygens (including phenoxy) is 3. The number of nitrogens with zero attached hydrogens (tertiary/aromatic N) is 2. The molecule has 0 unspecified atom stereocenters.